The van der Waals surface area contributed by atoms with E-state index in [9.17, 15) is 13.2 Å². The molecule has 2 heterocycles. The number of hydrogen-bond acceptors (Lipinski definition) is 5. The van der Waals surface area contributed by atoms with Crippen LogP contribution in [0.4, 0.5) is 0 Å². The molecule has 2 rings (SSSR count). The number of aromatic carboxylic acids is 1. The zero-order valence-corrected chi connectivity index (χ0v) is 13.0. The summed E-state index contributed by atoms with van der Waals surface area (Å²) in [6, 6.07) is 0. The largest absolute Gasteiger partial charge is 0.476 e. The third-order valence-corrected chi connectivity index (χ3v) is 5.87. The molecule has 21 heavy (non-hydrogen) atoms. The summed E-state index contributed by atoms with van der Waals surface area (Å²) in [5.41, 5.74) is -0.250. The van der Waals surface area contributed by atoms with Crippen LogP contribution in [0.15, 0.2) is 4.90 Å². The van der Waals surface area contributed by atoms with Gasteiger partial charge < -0.3 is 9.84 Å². The van der Waals surface area contributed by atoms with Crippen molar-refractivity contribution < 1.29 is 23.1 Å². The van der Waals surface area contributed by atoms with E-state index < -0.39 is 21.7 Å². The number of piperidine rings is 1. The number of carboxylic acid groups (broad SMARTS) is 1. The number of ether oxygens (including phenoxy) is 1. The van der Waals surface area contributed by atoms with Crippen LogP contribution in [-0.4, -0.2) is 60.3 Å². The number of carbonyl (C=O) groups is 1. The number of nitrogens with zero attached hydrogens (tertiary/aromatic N) is 2. The standard InChI is InChI=1S/C12H19N3O5S/c1-7-4-5-15(6-9(7)20-3)21(18,19)11-8(2)13-14-10(11)12(16)17/h7,9H,4-6H2,1-3H3,(H,13,14)(H,16,17). The summed E-state index contributed by atoms with van der Waals surface area (Å²) in [7, 11) is -2.37. The number of methoxy groups -OCH3 is 1. The first-order valence-electron chi connectivity index (χ1n) is 6.60. The van der Waals surface area contributed by atoms with Gasteiger partial charge in [-0.3, -0.25) is 5.10 Å². The maximum Gasteiger partial charge on any atom is 0.357 e. The molecule has 2 atom stereocenters. The van der Waals surface area contributed by atoms with Crippen LogP contribution in [-0.2, 0) is 14.8 Å². The Hall–Kier alpha value is -1.45. The molecular formula is C12H19N3O5S. The SMILES string of the molecule is COC1CN(S(=O)(=O)c2c(C(=O)O)n[nH]c2C)CCC1C. The van der Waals surface area contributed by atoms with Gasteiger partial charge in [0, 0.05) is 20.2 Å². The maximum absolute atomic E-state index is 12.7. The minimum absolute atomic E-state index is 0.200. The first-order chi connectivity index (χ1) is 9.78. The number of rotatable bonds is 4. The van der Waals surface area contributed by atoms with E-state index in [4.69, 9.17) is 9.84 Å². The van der Waals surface area contributed by atoms with Crippen molar-refractivity contribution in [1.82, 2.24) is 14.5 Å². The third kappa shape index (κ3) is 2.81. The van der Waals surface area contributed by atoms with Gasteiger partial charge in [0.25, 0.3) is 0 Å². The average molecular weight is 317 g/mol. The molecule has 9 heteroatoms. The van der Waals surface area contributed by atoms with Crippen molar-refractivity contribution in [3.8, 4) is 0 Å². The second kappa shape index (κ2) is 5.74. The number of aromatic nitrogens is 2. The molecule has 118 valence electrons. The number of aryl methyl sites for hydroxylation is 1. The first-order valence-corrected chi connectivity index (χ1v) is 8.04. The van der Waals surface area contributed by atoms with Crippen molar-refractivity contribution >= 4 is 16.0 Å². The fraction of sp³-hybridized carbons (Fsp3) is 0.667. The van der Waals surface area contributed by atoms with Crippen molar-refractivity contribution in [2.24, 2.45) is 5.92 Å². The van der Waals surface area contributed by atoms with Gasteiger partial charge >= 0.3 is 5.97 Å². The lowest BCUT2D eigenvalue weighted by molar-refractivity contribution is 0.0183. The smallest absolute Gasteiger partial charge is 0.357 e. The number of sulfonamides is 1. The molecule has 2 unspecified atom stereocenters. The van der Waals surface area contributed by atoms with Gasteiger partial charge in [-0.05, 0) is 19.3 Å². The molecule has 0 aliphatic carbocycles. The molecule has 1 aliphatic rings. The Kier molecular flexibility index (Phi) is 4.35. The van der Waals surface area contributed by atoms with E-state index in [0.29, 0.717) is 13.0 Å². The Morgan fingerprint density at radius 2 is 2.19 bits per heavy atom. The summed E-state index contributed by atoms with van der Waals surface area (Å²) in [4.78, 5) is 10.9. The van der Waals surface area contributed by atoms with Crippen molar-refractivity contribution in [2.45, 2.75) is 31.3 Å². The van der Waals surface area contributed by atoms with Crippen molar-refractivity contribution in [3.63, 3.8) is 0 Å². The number of carboxylic acids is 1. The highest BCUT2D eigenvalue weighted by Crippen LogP contribution is 2.28. The van der Waals surface area contributed by atoms with Crippen molar-refractivity contribution in [2.75, 3.05) is 20.2 Å². The Labute approximate surface area is 123 Å². The summed E-state index contributed by atoms with van der Waals surface area (Å²) in [5.74, 6) is -1.11. The van der Waals surface area contributed by atoms with Crippen LogP contribution in [0.1, 0.15) is 29.5 Å². The van der Waals surface area contributed by atoms with E-state index in [2.05, 4.69) is 10.2 Å². The van der Waals surface area contributed by atoms with E-state index in [0.717, 1.165) is 0 Å². The molecule has 1 saturated heterocycles. The van der Waals surface area contributed by atoms with Gasteiger partial charge in [-0.1, -0.05) is 6.92 Å². The molecule has 8 nitrogen and oxygen atoms in total. The van der Waals surface area contributed by atoms with Crippen LogP contribution in [0, 0.1) is 12.8 Å². The molecule has 1 aromatic rings. The number of aromatic amines is 1. The molecule has 2 N–H and O–H groups in total. The highest BCUT2D eigenvalue weighted by molar-refractivity contribution is 7.89. The van der Waals surface area contributed by atoms with E-state index in [1.54, 1.807) is 7.11 Å². The lowest BCUT2D eigenvalue weighted by Crippen LogP contribution is -2.46. The fourth-order valence-electron chi connectivity index (χ4n) is 2.54. The summed E-state index contributed by atoms with van der Waals surface area (Å²) in [6.45, 7) is 4.05. The van der Waals surface area contributed by atoms with Gasteiger partial charge in [0.15, 0.2) is 5.69 Å². The van der Waals surface area contributed by atoms with Gasteiger partial charge in [-0.2, -0.15) is 9.40 Å². The predicted octanol–water partition coefficient (Wildman–Crippen LogP) is 0.462. The lowest BCUT2D eigenvalue weighted by atomic mass is 9.97. The van der Waals surface area contributed by atoms with Gasteiger partial charge in [0.1, 0.15) is 4.90 Å². The Balaban J connectivity index is 2.39. The second-order valence-corrected chi connectivity index (χ2v) is 7.11. The van der Waals surface area contributed by atoms with Gasteiger partial charge in [0.2, 0.25) is 10.0 Å². The molecule has 0 amide bonds. The number of hydrogen-bond donors (Lipinski definition) is 2. The number of nitrogens with one attached hydrogen (secondary N) is 1. The molecular weight excluding hydrogens is 298 g/mol. The fourth-order valence-corrected chi connectivity index (χ4v) is 4.30. The van der Waals surface area contributed by atoms with E-state index in [1.165, 1.54) is 11.2 Å². The summed E-state index contributed by atoms with van der Waals surface area (Å²) < 4.78 is 32.0. The molecule has 1 aromatic heterocycles. The van der Waals surface area contributed by atoms with Crippen LogP contribution in [0.3, 0.4) is 0 Å². The predicted molar refractivity (Wildman–Crippen MR) is 73.6 cm³/mol. The summed E-state index contributed by atoms with van der Waals surface area (Å²) >= 11 is 0. The van der Waals surface area contributed by atoms with Gasteiger partial charge in [0.05, 0.1) is 11.8 Å². The van der Waals surface area contributed by atoms with Gasteiger partial charge in [-0.15, -0.1) is 0 Å². The first kappa shape index (κ1) is 15.9. The molecule has 0 saturated carbocycles. The van der Waals surface area contributed by atoms with Crippen molar-refractivity contribution in [3.05, 3.63) is 11.4 Å². The zero-order chi connectivity index (χ0) is 15.8. The van der Waals surface area contributed by atoms with E-state index >= 15 is 0 Å². The Bertz CT molecular complexity index is 639. The number of H-pyrrole nitrogens is 1. The minimum atomic E-state index is -3.91. The van der Waals surface area contributed by atoms with Crippen LogP contribution in [0.25, 0.3) is 0 Å². The summed E-state index contributed by atoms with van der Waals surface area (Å²) in [6.07, 6.45) is 0.464. The topological polar surface area (TPSA) is 113 Å². The van der Waals surface area contributed by atoms with E-state index in [1.807, 2.05) is 6.92 Å². The molecule has 0 radical (unpaired) electrons. The quantitative estimate of drug-likeness (QED) is 0.834. The lowest BCUT2D eigenvalue weighted by Gasteiger charge is -2.35. The van der Waals surface area contributed by atoms with Gasteiger partial charge in [-0.25, -0.2) is 13.2 Å². The molecule has 1 fully saturated rings. The van der Waals surface area contributed by atoms with Crippen LogP contribution in [0.5, 0.6) is 0 Å². The maximum atomic E-state index is 12.7. The third-order valence-electron chi connectivity index (χ3n) is 3.85. The summed E-state index contributed by atoms with van der Waals surface area (Å²) in [5, 5.41) is 15.1. The zero-order valence-electron chi connectivity index (χ0n) is 12.2. The molecule has 1 aliphatic heterocycles. The van der Waals surface area contributed by atoms with Crippen LogP contribution < -0.4 is 0 Å². The minimum Gasteiger partial charge on any atom is -0.476 e. The highest BCUT2D eigenvalue weighted by atomic mass is 32.2. The Morgan fingerprint density at radius 1 is 1.52 bits per heavy atom. The van der Waals surface area contributed by atoms with Crippen LogP contribution >= 0.6 is 0 Å². The second-order valence-electron chi connectivity index (χ2n) is 5.23. The van der Waals surface area contributed by atoms with E-state index in [-0.39, 0.29) is 29.2 Å². The highest BCUT2D eigenvalue weighted by Gasteiger charge is 2.38. The average Bonchev–Trinajstić information content (AvgIpc) is 2.81. The van der Waals surface area contributed by atoms with Crippen LogP contribution in [0.2, 0.25) is 0 Å². The molecule has 0 aromatic carbocycles. The monoisotopic (exact) mass is 317 g/mol. The molecule has 0 spiro atoms. The van der Waals surface area contributed by atoms with Crippen molar-refractivity contribution in [1.29, 1.82) is 0 Å². The molecule has 0 bridgehead atoms. The normalized spacial score (nSPS) is 24.1. The Morgan fingerprint density at radius 3 is 2.76 bits per heavy atom.